The number of rotatable bonds is 5. The number of aryl methyl sites for hydroxylation is 1. The molecule has 1 heterocycles. The molecule has 3 heteroatoms. The van der Waals surface area contributed by atoms with Crippen molar-refractivity contribution in [3.8, 4) is 0 Å². The Balaban J connectivity index is 2.01. The van der Waals surface area contributed by atoms with Gasteiger partial charge in [0, 0.05) is 25.7 Å². The average Bonchev–Trinajstić information content (AvgIpc) is 2.39. The van der Waals surface area contributed by atoms with Gasteiger partial charge in [0.2, 0.25) is 0 Å². The molecule has 2 unspecified atom stereocenters. The molecule has 0 amide bonds. The summed E-state index contributed by atoms with van der Waals surface area (Å²) in [4.78, 5) is 2.50. The third kappa shape index (κ3) is 4.30. The lowest BCUT2D eigenvalue weighted by atomic mass is 10.0. The van der Waals surface area contributed by atoms with E-state index in [0.717, 1.165) is 32.8 Å². The zero-order valence-corrected chi connectivity index (χ0v) is 12.4. The first-order valence-corrected chi connectivity index (χ1v) is 7.33. The van der Waals surface area contributed by atoms with Gasteiger partial charge in [0.1, 0.15) is 0 Å². The molecule has 1 N–H and O–H groups in total. The highest BCUT2D eigenvalue weighted by molar-refractivity contribution is 5.24. The van der Waals surface area contributed by atoms with Crippen LogP contribution >= 0.6 is 0 Å². The second-order valence-electron chi connectivity index (χ2n) is 5.46. The van der Waals surface area contributed by atoms with E-state index in [-0.39, 0.29) is 0 Å². The van der Waals surface area contributed by atoms with E-state index < -0.39 is 0 Å². The van der Waals surface area contributed by atoms with Gasteiger partial charge in [0.25, 0.3) is 0 Å². The Morgan fingerprint density at radius 2 is 2.11 bits per heavy atom. The molecule has 2 rings (SSSR count). The van der Waals surface area contributed by atoms with Crippen molar-refractivity contribution >= 4 is 0 Å². The van der Waals surface area contributed by atoms with Gasteiger partial charge >= 0.3 is 0 Å². The first-order valence-electron chi connectivity index (χ1n) is 7.33. The molecule has 1 aromatic carbocycles. The van der Waals surface area contributed by atoms with Crippen molar-refractivity contribution in [2.45, 2.75) is 32.9 Å². The minimum atomic E-state index is 0.356. The summed E-state index contributed by atoms with van der Waals surface area (Å²) in [6, 6.07) is 9.29. The topological polar surface area (TPSA) is 24.5 Å². The second kappa shape index (κ2) is 7.04. The van der Waals surface area contributed by atoms with Crippen molar-refractivity contribution in [3.05, 3.63) is 35.4 Å². The van der Waals surface area contributed by atoms with E-state index in [4.69, 9.17) is 4.74 Å². The summed E-state index contributed by atoms with van der Waals surface area (Å²) in [7, 11) is 0. The number of likely N-dealkylation sites (N-methyl/N-ethyl adjacent to an activating group) is 1. The first kappa shape index (κ1) is 14.5. The first-order chi connectivity index (χ1) is 9.19. The van der Waals surface area contributed by atoms with Crippen molar-refractivity contribution in [2.75, 3.05) is 32.8 Å². The standard InChI is InChI=1S/C16H26N2O/c1-4-17-16(15-7-5-13(2)6-8-15)12-18-9-10-19-14(3)11-18/h5-8,14,16-17H,4,9-12H2,1-3H3. The molecule has 19 heavy (non-hydrogen) atoms. The maximum atomic E-state index is 5.61. The molecule has 1 saturated heterocycles. The van der Waals surface area contributed by atoms with Crippen molar-refractivity contribution in [1.29, 1.82) is 0 Å². The molecule has 3 nitrogen and oxygen atoms in total. The summed E-state index contributed by atoms with van der Waals surface area (Å²) < 4.78 is 5.61. The zero-order chi connectivity index (χ0) is 13.7. The van der Waals surface area contributed by atoms with Crippen molar-refractivity contribution in [1.82, 2.24) is 10.2 Å². The van der Waals surface area contributed by atoms with Crippen molar-refractivity contribution < 1.29 is 4.74 Å². The summed E-state index contributed by atoms with van der Waals surface area (Å²) in [6.07, 6.45) is 0.356. The fourth-order valence-electron chi connectivity index (χ4n) is 2.65. The van der Waals surface area contributed by atoms with E-state index in [2.05, 4.69) is 55.3 Å². The van der Waals surface area contributed by atoms with E-state index in [1.807, 2.05) is 0 Å². The lowest BCUT2D eigenvalue weighted by Gasteiger charge is -2.34. The average molecular weight is 262 g/mol. The van der Waals surface area contributed by atoms with Crippen LogP contribution in [0.4, 0.5) is 0 Å². The van der Waals surface area contributed by atoms with Crippen LogP contribution in [0.3, 0.4) is 0 Å². The number of hydrogen-bond donors (Lipinski definition) is 1. The summed E-state index contributed by atoms with van der Waals surface area (Å²) in [5.74, 6) is 0. The van der Waals surface area contributed by atoms with Crippen LogP contribution in [0, 0.1) is 6.92 Å². The van der Waals surface area contributed by atoms with Gasteiger partial charge < -0.3 is 10.1 Å². The predicted octanol–water partition coefficient (Wildman–Crippen LogP) is 2.37. The minimum absolute atomic E-state index is 0.356. The number of benzene rings is 1. The monoisotopic (exact) mass is 262 g/mol. The zero-order valence-electron chi connectivity index (χ0n) is 12.4. The molecule has 0 radical (unpaired) electrons. The Morgan fingerprint density at radius 3 is 2.74 bits per heavy atom. The lowest BCUT2D eigenvalue weighted by Crippen LogP contribution is -2.45. The molecule has 1 aliphatic rings. The summed E-state index contributed by atoms with van der Waals surface area (Å²) in [5.41, 5.74) is 2.70. The summed E-state index contributed by atoms with van der Waals surface area (Å²) in [5, 5.41) is 3.60. The van der Waals surface area contributed by atoms with Crippen molar-refractivity contribution in [3.63, 3.8) is 0 Å². The number of morpholine rings is 1. The highest BCUT2D eigenvalue weighted by Gasteiger charge is 2.20. The van der Waals surface area contributed by atoms with E-state index in [9.17, 15) is 0 Å². The molecular formula is C16H26N2O. The van der Waals surface area contributed by atoms with Gasteiger partial charge in [-0.05, 0) is 26.0 Å². The number of hydrogen-bond acceptors (Lipinski definition) is 3. The van der Waals surface area contributed by atoms with Gasteiger partial charge in [-0.3, -0.25) is 4.90 Å². The fraction of sp³-hybridized carbons (Fsp3) is 0.625. The Labute approximate surface area is 116 Å². The van der Waals surface area contributed by atoms with Gasteiger partial charge in [0.05, 0.1) is 12.7 Å². The normalized spacial score (nSPS) is 22.4. The van der Waals surface area contributed by atoms with Crippen LogP contribution in [0.2, 0.25) is 0 Å². The lowest BCUT2D eigenvalue weighted by molar-refractivity contribution is -0.0210. The molecule has 0 aliphatic carbocycles. The maximum Gasteiger partial charge on any atom is 0.0674 e. The SMILES string of the molecule is CCNC(CN1CCOC(C)C1)c1ccc(C)cc1. The van der Waals surface area contributed by atoms with Crippen LogP contribution in [-0.2, 0) is 4.74 Å². The number of nitrogens with zero attached hydrogens (tertiary/aromatic N) is 1. The van der Waals surface area contributed by atoms with Crippen LogP contribution in [0.5, 0.6) is 0 Å². The smallest absolute Gasteiger partial charge is 0.0674 e. The van der Waals surface area contributed by atoms with Crippen molar-refractivity contribution in [2.24, 2.45) is 0 Å². The Kier molecular flexibility index (Phi) is 5.37. The molecule has 106 valence electrons. The third-order valence-electron chi connectivity index (χ3n) is 3.70. The Morgan fingerprint density at radius 1 is 1.37 bits per heavy atom. The van der Waals surface area contributed by atoms with E-state index in [1.165, 1.54) is 11.1 Å². The molecule has 1 fully saturated rings. The molecule has 0 spiro atoms. The van der Waals surface area contributed by atoms with Gasteiger partial charge in [-0.15, -0.1) is 0 Å². The quantitative estimate of drug-likeness (QED) is 0.881. The molecular weight excluding hydrogens is 236 g/mol. The highest BCUT2D eigenvalue weighted by atomic mass is 16.5. The van der Waals surface area contributed by atoms with Gasteiger partial charge in [0.15, 0.2) is 0 Å². The Hall–Kier alpha value is -0.900. The van der Waals surface area contributed by atoms with Crippen LogP contribution < -0.4 is 5.32 Å². The van der Waals surface area contributed by atoms with Gasteiger partial charge in [-0.2, -0.15) is 0 Å². The van der Waals surface area contributed by atoms with Gasteiger partial charge in [-0.1, -0.05) is 36.8 Å². The van der Waals surface area contributed by atoms with Crippen LogP contribution in [0.1, 0.15) is 31.0 Å². The number of ether oxygens (including phenoxy) is 1. The minimum Gasteiger partial charge on any atom is -0.376 e. The summed E-state index contributed by atoms with van der Waals surface area (Å²) in [6.45, 7) is 11.4. The Bertz CT molecular complexity index is 377. The molecule has 0 aromatic heterocycles. The van der Waals surface area contributed by atoms with E-state index in [0.29, 0.717) is 12.1 Å². The predicted molar refractivity (Wildman–Crippen MR) is 79.5 cm³/mol. The van der Waals surface area contributed by atoms with Crippen LogP contribution in [0.15, 0.2) is 24.3 Å². The van der Waals surface area contributed by atoms with E-state index >= 15 is 0 Å². The third-order valence-corrected chi connectivity index (χ3v) is 3.70. The summed E-state index contributed by atoms with van der Waals surface area (Å²) >= 11 is 0. The molecule has 1 aliphatic heterocycles. The largest absolute Gasteiger partial charge is 0.376 e. The molecule has 1 aromatic rings. The molecule has 0 bridgehead atoms. The second-order valence-corrected chi connectivity index (χ2v) is 5.46. The van der Waals surface area contributed by atoms with E-state index in [1.54, 1.807) is 0 Å². The highest BCUT2D eigenvalue weighted by Crippen LogP contribution is 2.17. The molecule has 0 saturated carbocycles. The molecule has 2 atom stereocenters. The van der Waals surface area contributed by atoms with Crippen LogP contribution in [-0.4, -0.2) is 43.8 Å². The maximum absolute atomic E-state index is 5.61. The van der Waals surface area contributed by atoms with Crippen LogP contribution in [0.25, 0.3) is 0 Å². The fourth-order valence-corrected chi connectivity index (χ4v) is 2.65. The van der Waals surface area contributed by atoms with Gasteiger partial charge in [-0.25, -0.2) is 0 Å². The number of nitrogens with one attached hydrogen (secondary N) is 1.